The summed E-state index contributed by atoms with van der Waals surface area (Å²) < 4.78 is 15.7. The van der Waals surface area contributed by atoms with Gasteiger partial charge in [-0.25, -0.2) is 0 Å². The van der Waals surface area contributed by atoms with Crippen molar-refractivity contribution in [2.45, 2.75) is 129 Å². The lowest BCUT2D eigenvalue weighted by atomic mass is 10.1. The molecule has 0 heterocycles. The fraction of sp³-hybridized carbons (Fsp3) is 0.923. The SMILES string of the molecule is CCCCCCCCCCC(=O)OCCOCCOC(=O)CCCCCCCCCC. The molecule has 0 rings (SSSR count). The molecule has 0 fully saturated rings. The molecule has 0 N–H and O–H groups in total. The molecule has 0 aliphatic carbocycles. The third-order valence-corrected chi connectivity index (χ3v) is 5.45. The van der Waals surface area contributed by atoms with Gasteiger partial charge in [-0.3, -0.25) is 9.59 Å². The van der Waals surface area contributed by atoms with Crippen molar-refractivity contribution in [3.05, 3.63) is 0 Å². The zero-order valence-electron chi connectivity index (χ0n) is 20.6. The summed E-state index contributed by atoms with van der Waals surface area (Å²) in [5.41, 5.74) is 0. The molecule has 0 unspecified atom stereocenters. The van der Waals surface area contributed by atoms with Crippen LogP contribution in [0.2, 0.25) is 0 Å². The highest BCUT2D eigenvalue weighted by Crippen LogP contribution is 2.11. The number of carbonyl (C=O) groups excluding carboxylic acids is 2. The molecule has 5 heteroatoms. The summed E-state index contributed by atoms with van der Waals surface area (Å²) in [5, 5.41) is 0. The van der Waals surface area contributed by atoms with Crippen molar-refractivity contribution < 1.29 is 23.8 Å². The highest BCUT2D eigenvalue weighted by Gasteiger charge is 2.04. The van der Waals surface area contributed by atoms with Crippen molar-refractivity contribution in [1.82, 2.24) is 0 Å². The topological polar surface area (TPSA) is 61.8 Å². The second-order valence-electron chi connectivity index (χ2n) is 8.50. The van der Waals surface area contributed by atoms with E-state index in [1.165, 1.54) is 77.0 Å². The Balaban J connectivity index is 3.26. The van der Waals surface area contributed by atoms with E-state index in [9.17, 15) is 9.59 Å². The number of hydrogen-bond donors (Lipinski definition) is 0. The fourth-order valence-electron chi connectivity index (χ4n) is 3.48. The van der Waals surface area contributed by atoms with E-state index in [0.29, 0.717) is 26.1 Å². The van der Waals surface area contributed by atoms with Crippen LogP contribution in [-0.2, 0) is 23.8 Å². The first-order chi connectivity index (χ1) is 15.2. The maximum Gasteiger partial charge on any atom is 0.305 e. The van der Waals surface area contributed by atoms with Gasteiger partial charge < -0.3 is 14.2 Å². The van der Waals surface area contributed by atoms with Crippen LogP contribution in [0.3, 0.4) is 0 Å². The monoisotopic (exact) mass is 442 g/mol. The van der Waals surface area contributed by atoms with Crippen molar-refractivity contribution in [2.24, 2.45) is 0 Å². The minimum atomic E-state index is -0.147. The molecule has 0 radical (unpaired) electrons. The molecule has 0 aromatic rings. The molecule has 0 spiro atoms. The van der Waals surface area contributed by atoms with Crippen molar-refractivity contribution >= 4 is 11.9 Å². The molecule has 0 aromatic heterocycles. The van der Waals surface area contributed by atoms with E-state index < -0.39 is 0 Å². The molecule has 0 amide bonds. The Morgan fingerprint density at radius 3 is 1.13 bits per heavy atom. The van der Waals surface area contributed by atoms with Crippen LogP contribution < -0.4 is 0 Å². The first kappa shape index (κ1) is 29.9. The molecule has 184 valence electrons. The van der Waals surface area contributed by atoms with Crippen LogP contribution in [-0.4, -0.2) is 38.4 Å². The molecule has 0 saturated heterocycles. The number of esters is 2. The lowest BCUT2D eigenvalue weighted by Crippen LogP contribution is -2.14. The standard InChI is InChI=1S/C26H50O5/c1-3-5-7-9-11-13-15-17-19-25(27)30-23-21-29-22-24-31-26(28)20-18-16-14-12-10-8-6-4-2/h3-24H2,1-2H3. The molecular formula is C26H50O5. The molecule has 31 heavy (non-hydrogen) atoms. The van der Waals surface area contributed by atoms with Gasteiger partial charge in [-0.15, -0.1) is 0 Å². The second-order valence-corrected chi connectivity index (χ2v) is 8.50. The van der Waals surface area contributed by atoms with E-state index in [1.54, 1.807) is 0 Å². The molecule has 0 saturated carbocycles. The summed E-state index contributed by atoms with van der Waals surface area (Å²) in [6.07, 6.45) is 20.4. The summed E-state index contributed by atoms with van der Waals surface area (Å²) >= 11 is 0. The van der Waals surface area contributed by atoms with Gasteiger partial charge in [0.2, 0.25) is 0 Å². The average molecular weight is 443 g/mol. The third-order valence-electron chi connectivity index (χ3n) is 5.45. The molecule has 0 aliphatic rings. The molecular weight excluding hydrogens is 392 g/mol. The van der Waals surface area contributed by atoms with Crippen LogP contribution in [0.1, 0.15) is 129 Å². The number of carbonyl (C=O) groups is 2. The Morgan fingerprint density at radius 2 is 0.774 bits per heavy atom. The molecule has 0 aliphatic heterocycles. The Bertz CT molecular complexity index is 361. The van der Waals surface area contributed by atoms with Crippen molar-refractivity contribution in [1.29, 1.82) is 0 Å². The minimum absolute atomic E-state index is 0.147. The van der Waals surface area contributed by atoms with Crippen molar-refractivity contribution in [3.8, 4) is 0 Å². The van der Waals surface area contributed by atoms with Gasteiger partial charge in [0.15, 0.2) is 0 Å². The Morgan fingerprint density at radius 1 is 0.452 bits per heavy atom. The van der Waals surface area contributed by atoms with Crippen LogP contribution in [0.5, 0.6) is 0 Å². The van der Waals surface area contributed by atoms with Crippen LogP contribution in [0, 0.1) is 0 Å². The summed E-state index contributed by atoms with van der Waals surface area (Å²) in [7, 11) is 0. The van der Waals surface area contributed by atoms with Gasteiger partial charge in [-0.2, -0.15) is 0 Å². The largest absolute Gasteiger partial charge is 0.463 e. The Hall–Kier alpha value is -1.10. The molecule has 0 aromatic carbocycles. The highest BCUT2D eigenvalue weighted by molar-refractivity contribution is 5.69. The summed E-state index contributed by atoms with van der Waals surface area (Å²) in [4.78, 5) is 23.3. The number of rotatable bonds is 24. The van der Waals surface area contributed by atoms with E-state index in [-0.39, 0.29) is 25.2 Å². The Labute approximate surface area is 192 Å². The normalized spacial score (nSPS) is 10.9. The predicted octanol–water partition coefficient (Wildman–Crippen LogP) is 7.15. The second kappa shape index (κ2) is 25.2. The van der Waals surface area contributed by atoms with E-state index in [1.807, 2.05) is 0 Å². The quantitative estimate of drug-likeness (QED) is 0.117. The van der Waals surface area contributed by atoms with Crippen molar-refractivity contribution in [2.75, 3.05) is 26.4 Å². The zero-order chi connectivity index (χ0) is 22.8. The summed E-state index contributed by atoms with van der Waals surface area (Å²) in [6.45, 7) is 5.68. The van der Waals surface area contributed by atoms with Gasteiger partial charge in [-0.1, -0.05) is 104 Å². The van der Waals surface area contributed by atoms with E-state index >= 15 is 0 Å². The predicted molar refractivity (Wildman–Crippen MR) is 127 cm³/mol. The Kier molecular flexibility index (Phi) is 24.3. The minimum Gasteiger partial charge on any atom is -0.463 e. The first-order valence-electron chi connectivity index (χ1n) is 13.1. The van der Waals surface area contributed by atoms with Crippen LogP contribution in [0.15, 0.2) is 0 Å². The van der Waals surface area contributed by atoms with Gasteiger partial charge in [0.1, 0.15) is 13.2 Å². The van der Waals surface area contributed by atoms with Gasteiger partial charge in [-0.05, 0) is 12.8 Å². The summed E-state index contributed by atoms with van der Waals surface area (Å²) in [5.74, 6) is -0.294. The number of unbranched alkanes of at least 4 members (excludes halogenated alkanes) is 14. The molecule has 0 atom stereocenters. The van der Waals surface area contributed by atoms with Gasteiger partial charge in [0, 0.05) is 12.8 Å². The van der Waals surface area contributed by atoms with Gasteiger partial charge >= 0.3 is 11.9 Å². The third kappa shape index (κ3) is 25.0. The van der Waals surface area contributed by atoms with Crippen molar-refractivity contribution in [3.63, 3.8) is 0 Å². The molecule has 5 nitrogen and oxygen atoms in total. The zero-order valence-corrected chi connectivity index (χ0v) is 20.6. The van der Waals surface area contributed by atoms with E-state index in [4.69, 9.17) is 14.2 Å². The van der Waals surface area contributed by atoms with E-state index in [2.05, 4.69) is 13.8 Å². The first-order valence-corrected chi connectivity index (χ1v) is 13.1. The number of ether oxygens (including phenoxy) is 3. The van der Waals surface area contributed by atoms with Crippen LogP contribution in [0.4, 0.5) is 0 Å². The number of hydrogen-bond acceptors (Lipinski definition) is 5. The molecule has 0 bridgehead atoms. The van der Waals surface area contributed by atoms with Crippen LogP contribution in [0.25, 0.3) is 0 Å². The van der Waals surface area contributed by atoms with Gasteiger partial charge in [0.25, 0.3) is 0 Å². The smallest absolute Gasteiger partial charge is 0.305 e. The lowest BCUT2D eigenvalue weighted by molar-refractivity contribution is -0.146. The fourth-order valence-corrected chi connectivity index (χ4v) is 3.48. The van der Waals surface area contributed by atoms with E-state index in [0.717, 1.165) is 25.7 Å². The highest BCUT2D eigenvalue weighted by atomic mass is 16.6. The average Bonchev–Trinajstić information content (AvgIpc) is 2.76. The maximum absolute atomic E-state index is 11.7. The van der Waals surface area contributed by atoms with Crippen LogP contribution >= 0.6 is 0 Å². The van der Waals surface area contributed by atoms with Gasteiger partial charge in [0.05, 0.1) is 13.2 Å². The maximum atomic E-state index is 11.7. The lowest BCUT2D eigenvalue weighted by Gasteiger charge is -2.07. The summed E-state index contributed by atoms with van der Waals surface area (Å²) in [6, 6.07) is 0.